The van der Waals surface area contributed by atoms with Crippen molar-refractivity contribution in [2.24, 2.45) is 0 Å². The first kappa shape index (κ1) is 19.2. The number of hydrogen-bond donors (Lipinski definition) is 1. The van der Waals surface area contributed by atoms with Crippen LogP contribution in [0.3, 0.4) is 0 Å². The van der Waals surface area contributed by atoms with E-state index < -0.39 is 0 Å². The van der Waals surface area contributed by atoms with Crippen LogP contribution in [0, 0.1) is 5.82 Å². The van der Waals surface area contributed by atoms with Crippen LogP contribution in [0.5, 0.6) is 0 Å². The molecule has 0 bridgehead atoms. The second-order valence-corrected chi connectivity index (χ2v) is 6.36. The molecule has 2 rings (SSSR count). The number of carbonyl (C=O) groups excluding carboxylic acids is 2. The molecule has 0 aromatic heterocycles. The Morgan fingerprint density at radius 2 is 1.80 bits per heavy atom. The van der Waals surface area contributed by atoms with Crippen LogP contribution in [-0.2, 0) is 9.59 Å². The number of benzene rings is 1. The van der Waals surface area contributed by atoms with Gasteiger partial charge in [0.05, 0.1) is 0 Å². The molecule has 1 fully saturated rings. The van der Waals surface area contributed by atoms with Gasteiger partial charge in [-0.25, -0.2) is 4.39 Å². The number of rotatable bonds is 8. The Labute approximate surface area is 149 Å². The summed E-state index contributed by atoms with van der Waals surface area (Å²) >= 11 is 0. The van der Waals surface area contributed by atoms with Gasteiger partial charge < -0.3 is 15.1 Å². The Bertz CT molecular complexity index is 596. The molecule has 1 N–H and O–H groups in total. The van der Waals surface area contributed by atoms with Crippen LogP contribution in [-0.4, -0.2) is 42.9 Å². The van der Waals surface area contributed by atoms with Gasteiger partial charge in [0.15, 0.2) is 0 Å². The molecule has 1 aliphatic heterocycles. The Kier molecular flexibility index (Phi) is 7.22. The van der Waals surface area contributed by atoms with E-state index >= 15 is 0 Å². The highest BCUT2D eigenvalue weighted by Gasteiger charge is 2.15. The molecule has 1 aromatic carbocycles. The molecule has 138 valence electrons. The largest absolute Gasteiger partial charge is 0.371 e. The van der Waals surface area contributed by atoms with Crippen molar-refractivity contribution in [1.29, 1.82) is 0 Å². The van der Waals surface area contributed by atoms with Gasteiger partial charge >= 0.3 is 0 Å². The van der Waals surface area contributed by atoms with Gasteiger partial charge in [-0.2, -0.15) is 0 Å². The maximum Gasteiger partial charge on any atom is 0.224 e. The Balaban J connectivity index is 1.85. The second kappa shape index (κ2) is 9.39. The van der Waals surface area contributed by atoms with E-state index in [1.165, 1.54) is 12.1 Å². The highest BCUT2D eigenvalue weighted by molar-refractivity contribution is 5.91. The van der Waals surface area contributed by atoms with Crippen molar-refractivity contribution in [1.82, 2.24) is 4.90 Å². The summed E-state index contributed by atoms with van der Waals surface area (Å²) in [6, 6.07) is 4.65. The Morgan fingerprint density at radius 1 is 1.12 bits per heavy atom. The maximum atomic E-state index is 13.8. The topological polar surface area (TPSA) is 52.7 Å². The molecule has 0 radical (unpaired) electrons. The second-order valence-electron chi connectivity index (χ2n) is 6.36. The number of hydrogen-bond acceptors (Lipinski definition) is 3. The number of nitrogens with one attached hydrogen (secondary N) is 1. The van der Waals surface area contributed by atoms with Gasteiger partial charge in [0.2, 0.25) is 11.8 Å². The van der Waals surface area contributed by atoms with Crippen LogP contribution in [0.25, 0.3) is 0 Å². The molecule has 0 spiro atoms. The van der Waals surface area contributed by atoms with Crippen molar-refractivity contribution in [3.8, 4) is 0 Å². The summed E-state index contributed by atoms with van der Waals surface area (Å²) in [4.78, 5) is 27.9. The molecule has 1 heterocycles. The summed E-state index contributed by atoms with van der Waals surface area (Å²) in [5.41, 5.74) is 1.28. The van der Waals surface area contributed by atoms with Crippen molar-refractivity contribution in [3.63, 3.8) is 0 Å². The van der Waals surface area contributed by atoms with Gasteiger partial charge in [-0.3, -0.25) is 9.59 Å². The van der Waals surface area contributed by atoms with Crippen LogP contribution in [0.15, 0.2) is 18.2 Å². The van der Waals surface area contributed by atoms with Gasteiger partial charge in [0.1, 0.15) is 5.82 Å². The molecule has 2 amide bonds. The lowest BCUT2D eigenvalue weighted by Gasteiger charge is -2.19. The van der Waals surface area contributed by atoms with E-state index in [0.717, 1.165) is 31.6 Å². The number of amides is 2. The number of nitrogens with zero attached hydrogens (tertiary/aromatic N) is 2. The van der Waals surface area contributed by atoms with Gasteiger partial charge in [0.25, 0.3) is 0 Å². The minimum atomic E-state index is -0.351. The average molecular weight is 349 g/mol. The van der Waals surface area contributed by atoms with Crippen LogP contribution in [0.1, 0.15) is 46.0 Å². The molecular weight excluding hydrogens is 321 g/mol. The predicted octanol–water partition coefficient (Wildman–Crippen LogP) is 3.40. The molecule has 0 aliphatic carbocycles. The van der Waals surface area contributed by atoms with E-state index in [2.05, 4.69) is 10.2 Å². The minimum Gasteiger partial charge on any atom is -0.371 e. The van der Waals surface area contributed by atoms with Gasteiger partial charge in [-0.15, -0.1) is 0 Å². The fraction of sp³-hybridized carbons (Fsp3) is 0.579. The van der Waals surface area contributed by atoms with Gasteiger partial charge in [-0.05, 0) is 51.3 Å². The molecule has 1 aromatic rings. The fourth-order valence-electron chi connectivity index (χ4n) is 3.16. The highest BCUT2D eigenvalue weighted by Crippen LogP contribution is 2.25. The standard InChI is InChI=1S/C19H28FN3O2/c1-3-22(4-2)19(25)9-7-8-18(24)21-16-12-15(20)13-17(14-16)23-10-5-6-11-23/h12-14H,3-11H2,1-2H3,(H,21,24). The van der Waals surface area contributed by atoms with E-state index in [1.807, 2.05) is 19.9 Å². The highest BCUT2D eigenvalue weighted by atomic mass is 19.1. The summed E-state index contributed by atoms with van der Waals surface area (Å²) in [6.07, 6.45) is 3.33. The lowest BCUT2D eigenvalue weighted by molar-refractivity contribution is -0.130. The molecular formula is C19H28FN3O2. The Hall–Kier alpha value is -2.11. The lowest BCUT2D eigenvalue weighted by Crippen LogP contribution is -2.30. The monoisotopic (exact) mass is 349 g/mol. The summed E-state index contributed by atoms with van der Waals surface area (Å²) in [6.45, 7) is 7.09. The van der Waals surface area contributed by atoms with Crippen molar-refractivity contribution >= 4 is 23.2 Å². The number of halogens is 1. The van der Waals surface area contributed by atoms with Crippen molar-refractivity contribution < 1.29 is 14.0 Å². The van der Waals surface area contributed by atoms with Crippen LogP contribution < -0.4 is 10.2 Å². The van der Waals surface area contributed by atoms with Gasteiger partial charge in [-0.1, -0.05) is 0 Å². The van der Waals surface area contributed by atoms with E-state index in [-0.39, 0.29) is 24.1 Å². The summed E-state index contributed by atoms with van der Waals surface area (Å²) in [5.74, 6) is -0.471. The van der Waals surface area contributed by atoms with Crippen molar-refractivity contribution in [2.75, 3.05) is 36.4 Å². The SMILES string of the molecule is CCN(CC)C(=O)CCCC(=O)Nc1cc(F)cc(N2CCCC2)c1. The molecule has 0 unspecified atom stereocenters. The Morgan fingerprint density at radius 3 is 2.44 bits per heavy atom. The first-order valence-electron chi connectivity index (χ1n) is 9.16. The van der Waals surface area contributed by atoms with E-state index in [4.69, 9.17) is 0 Å². The first-order valence-corrected chi connectivity index (χ1v) is 9.16. The third-order valence-corrected chi connectivity index (χ3v) is 4.55. The summed E-state index contributed by atoms with van der Waals surface area (Å²) in [7, 11) is 0. The zero-order valence-corrected chi connectivity index (χ0v) is 15.2. The summed E-state index contributed by atoms with van der Waals surface area (Å²) < 4.78 is 13.8. The predicted molar refractivity (Wildman–Crippen MR) is 98.3 cm³/mol. The van der Waals surface area contributed by atoms with Crippen molar-refractivity contribution in [2.45, 2.75) is 46.0 Å². The van der Waals surface area contributed by atoms with E-state index in [1.54, 1.807) is 4.90 Å². The fourth-order valence-corrected chi connectivity index (χ4v) is 3.16. The normalized spacial score (nSPS) is 13.8. The molecule has 6 heteroatoms. The molecule has 1 aliphatic rings. The van der Waals surface area contributed by atoms with Crippen LogP contribution in [0.2, 0.25) is 0 Å². The first-order chi connectivity index (χ1) is 12.0. The van der Waals surface area contributed by atoms with E-state index in [9.17, 15) is 14.0 Å². The molecule has 5 nitrogen and oxygen atoms in total. The summed E-state index contributed by atoms with van der Waals surface area (Å²) in [5, 5.41) is 2.75. The lowest BCUT2D eigenvalue weighted by atomic mass is 10.2. The zero-order chi connectivity index (χ0) is 18.2. The zero-order valence-electron chi connectivity index (χ0n) is 15.2. The molecule has 0 atom stereocenters. The molecule has 1 saturated heterocycles. The third kappa shape index (κ3) is 5.73. The smallest absolute Gasteiger partial charge is 0.224 e. The maximum absolute atomic E-state index is 13.8. The van der Waals surface area contributed by atoms with Gasteiger partial charge in [0, 0.05) is 50.4 Å². The van der Waals surface area contributed by atoms with Crippen molar-refractivity contribution in [3.05, 3.63) is 24.0 Å². The van der Waals surface area contributed by atoms with Crippen LogP contribution in [0.4, 0.5) is 15.8 Å². The van der Waals surface area contributed by atoms with E-state index in [0.29, 0.717) is 31.6 Å². The average Bonchev–Trinajstić information content (AvgIpc) is 3.10. The quantitative estimate of drug-likeness (QED) is 0.782. The molecule has 0 saturated carbocycles. The van der Waals surface area contributed by atoms with Crippen LogP contribution >= 0.6 is 0 Å². The third-order valence-electron chi connectivity index (χ3n) is 4.55. The molecule has 25 heavy (non-hydrogen) atoms. The minimum absolute atomic E-state index is 0.0693. The number of carbonyl (C=O) groups is 2. The number of anilines is 2.